The third kappa shape index (κ3) is 2.47. The Morgan fingerprint density at radius 3 is 2.79 bits per heavy atom. The SMILES string of the molecule is Cc1ccc(C(=O)NCCN)cc1N. The lowest BCUT2D eigenvalue weighted by Gasteiger charge is -2.05. The lowest BCUT2D eigenvalue weighted by molar-refractivity contribution is 0.0955. The van der Waals surface area contributed by atoms with Gasteiger partial charge in [0.15, 0.2) is 0 Å². The van der Waals surface area contributed by atoms with Crippen molar-refractivity contribution in [3.8, 4) is 0 Å². The molecule has 0 bridgehead atoms. The number of amides is 1. The van der Waals surface area contributed by atoms with Gasteiger partial charge in [-0.1, -0.05) is 6.07 Å². The number of anilines is 1. The second-order valence-electron chi connectivity index (χ2n) is 3.12. The van der Waals surface area contributed by atoms with Crippen molar-refractivity contribution in [2.24, 2.45) is 5.73 Å². The summed E-state index contributed by atoms with van der Waals surface area (Å²) < 4.78 is 0. The van der Waals surface area contributed by atoms with E-state index in [2.05, 4.69) is 5.32 Å². The highest BCUT2D eigenvalue weighted by Crippen LogP contribution is 2.12. The van der Waals surface area contributed by atoms with Crippen LogP contribution in [0.15, 0.2) is 18.2 Å². The van der Waals surface area contributed by atoms with Crippen molar-refractivity contribution >= 4 is 11.6 Å². The third-order valence-electron chi connectivity index (χ3n) is 1.97. The van der Waals surface area contributed by atoms with Crippen molar-refractivity contribution in [2.45, 2.75) is 6.92 Å². The van der Waals surface area contributed by atoms with Crippen LogP contribution < -0.4 is 16.8 Å². The molecule has 5 N–H and O–H groups in total. The van der Waals surface area contributed by atoms with E-state index >= 15 is 0 Å². The zero-order valence-electron chi connectivity index (χ0n) is 8.21. The Balaban J connectivity index is 2.76. The van der Waals surface area contributed by atoms with Gasteiger partial charge >= 0.3 is 0 Å². The fourth-order valence-corrected chi connectivity index (χ4v) is 1.07. The summed E-state index contributed by atoms with van der Waals surface area (Å²) >= 11 is 0. The van der Waals surface area contributed by atoms with Gasteiger partial charge in [-0.25, -0.2) is 0 Å². The van der Waals surface area contributed by atoms with Crippen LogP contribution in [0.25, 0.3) is 0 Å². The molecule has 0 aliphatic heterocycles. The Labute approximate surface area is 83.3 Å². The molecule has 14 heavy (non-hydrogen) atoms. The highest BCUT2D eigenvalue weighted by Gasteiger charge is 2.05. The fourth-order valence-electron chi connectivity index (χ4n) is 1.07. The molecule has 0 radical (unpaired) electrons. The van der Waals surface area contributed by atoms with E-state index in [4.69, 9.17) is 11.5 Å². The maximum absolute atomic E-state index is 11.4. The van der Waals surface area contributed by atoms with Gasteiger partial charge in [0.05, 0.1) is 0 Å². The van der Waals surface area contributed by atoms with Crippen molar-refractivity contribution in [2.75, 3.05) is 18.8 Å². The molecule has 0 spiro atoms. The van der Waals surface area contributed by atoms with Crippen LogP contribution in [0, 0.1) is 6.92 Å². The Kier molecular flexibility index (Phi) is 3.48. The Morgan fingerprint density at radius 2 is 2.21 bits per heavy atom. The smallest absolute Gasteiger partial charge is 0.251 e. The summed E-state index contributed by atoms with van der Waals surface area (Å²) in [6, 6.07) is 5.24. The molecule has 0 saturated heterocycles. The van der Waals surface area contributed by atoms with Crippen molar-refractivity contribution in [1.82, 2.24) is 5.32 Å². The zero-order valence-corrected chi connectivity index (χ0v) is 8.21. The van der Waals surface area contributed by atoms with Crippen LogP contribution in [-0.2, 0) is 0 Å². The monoisotopic (exact) mass is 193 g/mol. The van der Waals surface area contributed by atoms with Crippen LogP contribution in [0.1, 0.15) is 15.9 Å². The number of nitrogens with two attached hydrogens (primary N) is 2. The molecule has 0 unspecified atom stereocenters. The van der Waals surface area contributed by atoms with Gasteiger partial charge < -0.3 is 16.8 Å². The first-order valence-corrected chi connectivity index (χ1v) is 4.49. The van der Waals surface area contributed by atoms with E-state index in [-0.39, 0.29) is 5.91 Å². The molecule has 0 aliphatic rings. The van der Waals surface area contributed by atoms with E-state index in [1.807, 2.05) is 13.0 Å². The quantitative estimate of drug-likeness (QED) is 0.602. The summed E-state index contributed by atoms with van der Waals surface area (Å²) in [4.78, 5) is 11.4. The molecule has 1 aromatic carbocycles. The van der Waals surface area contributed by atoms with Crippen molar-refractivity contribution in [3.63, 3.8) is 0 Å². The van der Waals surface area contributed by atoms with Crippen molar-refractivity contribution in [3.05, 3.63) is 29.3 Å². The number of carbonyl (C=O) groups is 1. The highest BCUT2D eigenvalue weighted by molar-refractivity contribution is 5.95. The van der Waals surface area contributed by atoms with E-state index in [1.165, 1.54) is 0 Å². The standard InChI is InChI=1S/C10H15N3O/c1-7-2-3-8(6-9(7)12)10(14)13-5-4-11/h2-3,6H,4-5,11-12H2,1H3,(H,13,14). The lowest BCUT2D eigenvalue weighted by Crippen LogP contribution is -2.29. The van der Waals surface area contributed by atoms with Crippen LogP contribution in [0.5, 0.6) is 0 Å². The normalized spacial score (nSPS) is 9.86. The number of benzene rings is 1. The average Bonchev–Trinajstić information content (AvgIpc) is 2.18. The van der Waals surface area contributed by atoms with E-state index < -0.39 is 0 Å². The number of carbonyl (C=O) groups excluding carboxylic acids is 1. The van der Waals surface area contributed by atoms with Gasteiger partial charge in [0.1, 0.15) is 0 Å². The first-order valence-electron chi connectivity index (χ1n) is 4.49. The molecule has 0 atom stereocenters. The summed E-state index contributed by atoms with van der Waals surface area (Å²) in [5.74, 6) is -0.137. The summed E-state index contributed by atoms with van der Waals surface area (Å²) in [6.07, 6.45) is 0. The summed E-state index contributed by atoms with van der Waals surface area (Å²) in [5.41, 5.74) is 13.1. The van der Waals surface area contributed by atoms with E-state index in [1.54, 1.807) is 12.1 Å². The number of hydrogen-bond acceptors (Lipinski definition) is 3. The molecule has 76 valence electrons. The fraction of sp³-hybridized carbons (Fsp3) is 0.300. The molecular formula is C10H15N3O. The van der Waals surface area contributed by atoms with Gasteiger partial charge in [-0.2, -0.15) is 0 Å². The van der Waals surface area contributed by atoms with Crippen LogP contribution in [0.4, 0.5) is 5.69 Å². The number of nitrogens with one attached hydrogen (secondary N) is 1. The van der Waals surface area contributed by atoms with E-state index in [0.717, 1.165) is 5.56 Å². The first kappa shape index (κ1) is 10.5. The van der Waals surface area contributed by atoms with Crippen LogP contribution in [-0.4, -0.2) is 19.0 Å². The van der Waals surface area contributed by atoms with Gasteiger partial charge in [-0.05, 0) is 24.6 Å². The average molecular weight is 193 g/mol. The molecule has 0 aliphatic carbocycles. The lowest BCUT2D eigenvalue weighted by atomic mass is 10.1. The maximum atomic E-state index is 11.4. The van der Waals surface area contributed by atoms with Crippen LogP contribution >= 0.6 is 0 Å². The van der Waals surface area contributed by atoms with Crippen molar-refractivity contribution in [1.29, 1.82) is 0 Å². The topological polar surface area (TPSA) is 81.1 Å². The van der Waals surface area contributed by atoms with Gasteiger partial charge in [0.25, 0.3) is 5.91 Å². The Hall–Kier alpha value is -1.55. The van der Waals surface area contributed by atoms with E-state index in [0.29, 0.717) is 24.3 Å². The second-order valence-corrected chi connectivity index (χ2v) is 3.12. The molecule has 0 heterocycles. The largest absolute Gasteiger partial charge is 0.398 e. The Morgan fingerprint density at radius 1 is 1.50 bits per heavy atom. The summed E-state index contributed by atoms with van der Waals surface area (Å²) in [6.45, 7) is 2.82. The molecule has 4 heteroatoms. The maximum Gasteiger partial charge on any atom is 0.251 e. The summed E-state index contributed by atoms with van der Waals surface area (Å²) in [5, 5.41) is 2.68. The molecule has 0 saturated carbocycles. The molecule has 1 aromatic rings. The zero-order chi connectivity index (χ0) is 10.6. The van der Waals surface area contributed by atoms with Crippen LogP contribution in [0.3, 0.4) is 0 Å². The van der Waals surface area contributed by atoms with Crippen LogP contribution in [0.2, 0.25) is 0 Å². The van der Waals surface area contributed by atoms with Gasteiger partial charge in [-0.3, -0.25) is 4.79 Å². The third-order valence-corrected chi connectivity index (χ3v) is 1.97. The number of aryl methyl sites for hydroxylation is 1. The summed E-state index contributed by atoms with van der Waals surface area (Å²) in [7, 11) is 0. The minimum atomic E-state index is -0.137. The predicted molar refractivity (Wildman–Crippen MR) is 57.0 cm³/mol. The van der Waals surface area contributed by atoms with Gasteiger partial charge in [-0.15, -0.1) is 0 Å². The minimum Gasteiger partial charge on any atom is -0.398 e. The van der Waals surface area contributed by atoms with Gasteiger partial charge in [0.2, 0.25) is 0 Å². The predicted octanol–water partition coefficient (Wildman–Crippen LogP) is 0.266. The number of nitrogen functional groups attached to an aromatic ring is 1. The van der Waals surface area contributed by atoms with Gasteiger partial charge in [0, 0.05) is 24.3 Å². The molecule has 4 nitrogen and oxygen atoms in total. The first-order chi connectivity index (χ1) is 6.65. The molecule has 0 aromatic heterocycles. The second kappa shape index (κ2) is 4.62. The highest BCUT2D eigenvalue weighted by atomic mass is 16.1. The molecule has 1 amide bonds. The molecule has 1 rings (SSSR count). The number of hydrogen-bond donors (Lipinski definition) is 3. The van der Waals surface area contributed by atoms with Crippen molar-refractivity contribution < 1.29 is 4.79 Å². The minimum absolute atomic E-state index is 0.137. The molecule has 0 fully saturated rings. The molecular weight excluding hydrogens is 178 g/mol. The van der Waals surface area contributed by atoms with E-state index in [9.17, 15) is 4.79 Å². The number of rotatable bonds is 3. The Bertz CT molecular complexity index is 336.